The summed E-state index contributed by atoms with van der Waals surface area (Å²) in [6.45, 7) is 1.11. The summed E-state index contributed by atoms with van der Waals surface area (Å²) < 4.78 is 13.0. The zero-order valence-electron chi connectivity index (χ0n) is 15.7. The first kappa shape index (κ1) is 18.7. The lowest BCUT2D eigenvalue weighted by Crippen LogP contribution is -2.19. The number of carboxylic acid groups (broad SMARTS) is 1. The lowest BCUT2D eigenvalue weighted by Gasteiger charge is -2.15. The molecule has 142 valence electrons. The van der Waals surface area contributed by atoms with Gasteiger partial charge in [-0.3, -0.25) is 4.79 Å². The van der Waals surface area contributed by atoms with Gasteiger partial charge in [0.25, 0.3) is 0 Å². The van der Waals surface area contributed by atoms with Crippen LogP contribution in [-0.4, -0.2) is 59.9 Å². The zero-order valence-corrected chi connectivity index (χ0v) is 15.7. The molecule has 0 saturated heterocycles. The van der Waals surface area contributed by atoms with E-state index in [9.17, 15) is 9.90 Å². The fraction of sp³-hybridized carbons (Fsp3) is 0.300. The van der Waals surface area contributed by atoms with Crippen molar-refractivity contribution in [1.29, 1.82) is 0 Å². The monoisotopic (exact) mass is 369 g/mol. The van der Waals surface area contributed by atoms with Crippen molar-refractivity contribution in [1.82, 2.24) is 14.5 Å². The molecule has 3 rings (SSSR count). The quantitative estimate of drug-likeness (QED) is 0.658. The lowest BCUT2D eigenvalue weighted by atomic mass is 10.2. The summed E-state index contributed by atoms with van der Waals surface area (Å²) in [5.41, 5.74) is 2.30. The minimum atomic E-state index is -0.921. The highest BCUT2D eigenvalue weighted by Gasteiger charge is 2.16. The molecule has 0 aliphatic rings. The number of likely N-dealkylation sites (N-methyl/N-ethyl adjacent to an activating group) is 1. The van der Waals surface area contributed by atoms with Crippen molar-refractivity contribution in [2.75, 3.05) is 34.4 Å². The van der Waals surface area contributed by atoms with Gasteiger partial charge < -0.3 is 24.0 Å². The van der Waals surface area contributed by atoms with E-state index in [0.29, 0.717) is 23.9 Å². The first-order chi connectivity index (χ1) is 13.0. The smallest absolute Gasteiger partial charge is 0.323 e. The molecule has 7 nitrogen and oxygen atoms in total. The maximum atomic E-state index is 11.4. The van der Waals surface area contributed by atoms with Crippen molar-refractivity contribution in [3.63, 3.8) is 0 Å². The molecule has 7 heteroatoms. The molecular weight excluding hydrogens is 346 g/mol. The Labute approximate surface area is 157 Å². The Bertz CT molecular complexity index is 950. The SMILES string of the molecule is COc1ccc(-c2nc3ccccc3n2CC(=O)O)cc1OCCN(C)C. The van der Waals surface area contributed by atoms with Crippen LogP contribution in [0.5, 0.6) is 11.5 Å². The van der Waals surface area contributed by atoms with Gasteiger partial charge in [0.05, 0.1) is 18.1 Å². The second kappa shape index (κ2) is 8.09. The summed E-state index contributed by atoms with van der Waals surface area (Å²) >= 11 is 0. The van der Waals surface area contributed by atoms with Crippen molar-refractivity contribution in [3.8, 4) is 22.9 Å². The average Bonchev–Trinajstić information content (AvgIpc) is 2.99. The number of aliphatic carboxylic acids is 1. The maximum Gasteiger partial charge on any atom is 0.323 e. The van der Waals surface area contributed by atoms with Crippen LogP contribution in [0.3, 0.4) is 0 Å². The largest absolute Gasteiger partial charge is 0.493 e. The molecule has 0 bridgehead atoms. The van der Waals surface area contributed by atoms with Crippen molar-refractivity contribution in [2.24, 2.45) is 0 Å². The second-order valence-corrected chi connectivity index (χ2v) is 6.42. The highest BCUT2D eigenvalue weighted by molar-refractivity contribution is 5.83. The standard InChI is InChI=1S/C20H23N3O4/c1-22(2)10-11-27-18-12-14(8-9-17(18)26-3)20-21-15-6-4-5-7-16(15)23(20)13-19(24)25/h4-9,12H,10-11,13H2,1-3H3,(H,24,25). The predicted molar refractivity (Wildman–Crippen MR) is 103 cm³/mol. The highest BCUT2D eigenvalue weighted by atomic mass is 16.5. The fourth-order valence-electron chi connectivity index (χ4n) is 2.86. The zero-order chi connectivity index (χ0) is 19.4. The van der Waals surface area contributed by atoms with Crippen LogP contribution < -0.4 is 9.47 Å². The number of benzene rings is 2. The van der Waals surface area contributed by atoms with Crippen LogP contribution in [0.1, 0.15) is 0 Å². The van der Waals surface area contributed by atoms with E-state index in [2.05, 4.69) is 4.98 Å². The number of imidazole rings is 1. The van der Waals surface area contributed by atoms with E-state index < -0.39 is 5.97 Å². The number of rotatable bonds is 8. The van der Waals surface area contributed by atoms with E-state index in [1.165, 1.54) is 0 Å². The van der Waals surface area contributed by atoms with Crippen LogP contribution in [-0.2, 0) is 11.3 Å². The van der Waals surface area contributed by atoms with Crippen molar-refractivity contribution in [2.45, 2.75) is 6.54 Å². The van der Waals surface area contributed by atoms with E-state index in [1.807, 2.05) is 61.5 Å². The number of hydrogen-bond donors (Lipinski definition) is 1. The molecule has 1 heterocycles. The number of carboxylic acids is 1. The minimum Gasteiger partial charge on any atom is -0.493 e. The molecule has 0 amide bonds. The van der Waals surface area contributed by atoms with E-state index >= 15 is 0 Å². The minimum absolute atomic E-state index is 0.168. The molecule has 27 heavy (non-hydrogen) atoms. The van der Waals surface area contributed by atoms with Gasteiger partial charge in [-0.05, 0) is 44.4 Å². The summed E-state index contributed by atoms with van der Waals surface area (Å²) in [5.74, 6) is 0.887. The topological polar surface area (TPSA) is 76.8 Å². The summed E-state index contributed by atoms with van der Waals surface area (Å²) in [4.78, 5) is 18.0. The predicted octanol–water partition coefficient (Wildman–Crippen LogP) is 2.74. The summed E-state index contributed by atoms with van der Waals surface area (Å²) in [7, 11) is 5.55. The van der Waals surface area contributed by atoms with Gasteiger partial charge in [0, 0.05) is 12.1 Å². The van der Waals surface area contributed by atoms with Gasteiger partial charge in [0.15, 0.2) is 11.5 Å². The fourth-order valence-corrected chi connectivity index (χ4v) is 2.86. The maximum absolute atomic E-state index is 11.4. The van der Waals surface area contributed by atoms with Crippen LogP contribution in [0.15, 0.2) is 42.5 Å². The van der Waals surface area contributed by atoms with Crippen LogP contribution >= 0.6 is 0 Å². The Morgan fingerprint density at radius 3 is 2.67 bits per heavy atom. The van der Waals surface area contributed by atoms with Crippen LogP contribution in [0.25, 0.3) is 22.4 Å². The highest BCUT2D eigenvalue weighted by Crippen LogP contribution is 2.33. The number of para-hydroxylation sites is 2. The van der Waals surface area contributed by atoms with Gasteiger partial charge in [-0.2, -0.15) is 0 Å². The first-order valence-electron chi connectivity index (χ1n) is 8.62. The third-order valence-corrected chi connectivity index (χ3v) is 4.17. The van der Waals surface area contributed by atoms with E-state index in [-0.39, 0.29) is 6.54 Å². The number of methoxy groups -OCH3 is 1. The Hall–Kier alpha value is -3.06. The third-order valence-electron chi connectivity index (χ3n) is 4.17. The molecule has 0 fully saturated rings. The molecule has 0 atom stereocenters. The van der Waals surface area contributed by atoms with Gasteiger partial charge in [0.1, 0.15) is 19.0 Å². The average molecular weight is 369 g/mol. The Morgan fingerprint density at radius 2 is 1.96 bits per heavy atom. The third kappa shape index (κ3) is 4.20. The van der Waals surface area contributed by atoms with Crippen LogP contribution in [0, 0.1) is 0 Å². The molecule has 1 N–H and O–H groups in total. The Balaban J connectivity index is 2.03. The van der Waals surface area contributed by atoms with Crippen molar-refractivity contribution >= 4 is 17.0 Å². The molecule has 2 aromatic carbocycles. The normalized spacial score (nSPS) is 11.1. The van der Waals surface area contributed by atoms with Gasteiger partial charge in [-0.15, -0.1) is 0 Å². The molecule has 0 unspecified atom stereocenters. The van der Waals surface area contributed by atoms with Crippen LogP contribution in [0.4, 0.5) is 0 Å². The Morgan fingerprint density at radius 1 is 1.19 bits per heavy atom. The molecule has 3 aromatic rings. The Kier molecular flexibility index (Phi) is 5.61. The number of nitrogens with zero attached hydrogens (tertiary/aromatic N) is 3. The van der Waals surface area contributed by atoms with Crippen molar-refractivity contribution < 1.29 is 19.4 Å². The summed E-state index contributed by atoms with van der Waals surface area (Å²) in [5, 5.41) is 9.32. The molecule has 0 aliphatic carbocycles. The molecule has 1 aromatic heterocycles. The van der Waals surface area contributed by atoms with Gasteiger partial charge >= 0.3 is 5.97 Å². The first-order valence-corrected chi connectivity index (χ1v) is 8.62. The summed E-state index contributed by atoms with van der Waals surface area (Å²) in [6, 6.07) is 13.0. The van der Waals surface area contributed by atoms with Crippen LogP contribution in [0.2, 0.25) is 0 Å². The van der Waals surface area contributed by atoms with E-state index in [4.69, 9.17) is 9.47 Å². The molecular formula is C20H23N3O4. The number of hydrogen-bond acceptors (Lipinski definition) is 5. The van der Waals surface area contributed by atoms with Gasteiger partial charge in [-0.1, -0.05) is 12.1 Å². The summed E-state index contributed by atoms with van der Waals surface area (Å²) in [6.07, 6.45) is 0. The molecule has 0 radical (unpaired) electrons. The second-order valence-electron chi connectivity index (χ2n) is 6.42. The van der Waals surface area contributed by atoms with Gasteiger partial charge in [-0.25, -0.2) is 4.98 Å². The van der Waals surface area contributed by atoms with E-state index in [1.54, 1.807) is 11.7 Å². The van der Waals surface area contributed by atoms with Crippen molar-refractivity contribution in [3.05, 3.63) is 42.5 Å². The molecule has 0 aliphatic heterocycles. The number of fused-ring (bicyclic) bond motifs is 1. The molecule has 0 saturated carbocycles. The number of aromatic nitrogens is 2. The van der Waals surface area contributed by atoms with E-state index in [0.717, 1.165) is 23.1 Å². The number of ether oxygens (including phenoxy) is 2. The lowest BCUT2D eigenvalue weighted by molar-refractivity contribution is -0.137. The molecule has 0 spiro atoms. The number of carbonyl (C=O) groups is 1. The van der Waals surface area contributed by atoms with Gasteiger partial charge in [0.2, 0.25) is 0 Å².